The number of nitrogens with zero attached hydrogens (tertiary/aromatic N) is 9. The maximum atomic E-state index is 14.5. The summed E-state index contributed by atoms with van der Waals surface area (Å²) in [6.45, 7) is 4.24. The summed E-state index contributed by atoms with van der Waals surface area (Å²) >= 11 is 0. The molecule has 1 aromatic carbocycles. The number of morpholine rings is 1. The molecule has 3 fully saturated rings. The number of rotatable bonds is 14. The van der Waals surface area contributed by atoms with E-state index in [-0.39, 0.29) is 60.9 Å². The van der Waals surface area contributed by atoms with Gasteiger partial charge in [-0.15, -0.1) is 5.10 Å². The van der Waals surface area contributed by atoms with E-state index in [1.165, 1.54) is 18.4 Å². The number of aryl methyl sites for hydroxylation is 2. The van der Waals surface area contributed by atoms with Gasteiger partial charge in [-0.2, -0.15) is 4.36 Å². The lowest BCUT2D eigenvalue weighted by Crippen LogP contribution is -2.54. The summed E-state index contributed by atoms with van der Waals surface area (Å²) in [6, 6.07) is 9.15. The quantitative estimate of drug-likeness (QED) is 0.107. The van der Waals surface area contributed by atoms with Crippen molar-refractivity contribution in [3.63, 3.8) is 0 Å². The molecule has 332 valence electrons. The number of hydrogen-bond donors (Lipinski definition) is 3. The van der Waals surface area contributed by atoms with Gasteiger partial charge in [0.25, 0.3) is 17.7 Å². The normalized spacial score (nSPS) is 20.2. The molecule has 21 heteroatoms. The standard InChI is InChI=1S/C43H46N12O8S/c1-25-24-63-21-20-54(25)33-22-32(47-39(48-33)28-14-18-45-38-27(28)13-17-44-38)43(15-16-43)64(2,62)51-36(58)11-9-26-23-53(52-50-26)19-4-3-8-34(56)46-30-7-5-6-29-37(30)42(61)55(41(29)60)31-10-12-35(57)49-40(31)59/h5-7,13-14,17-18,22-23,25,31H,3-4,8-12,15-16,19-21,24H2,1-2H3,(H,44,45)(H,46,56)(H,49,57,59)/t25-,31?,64-/m1/s1. The molecule has 4 aromatic heterocycles. The number of nitrogens with one attached hydrogen (secondary N) is 3. The number of anilines is 2. The highest BCUT2D eigenvalue weighted by atomic mass is 32.2. The average Bonchev–Trinajstić information content (AvgIpc) is 3.63. The van der Waals surface area contributed by atoms with Crippen molar-refractivity contribution in [1.82, 2.24) is 45.1 Å². The Balaban J connectivity index is 0.800. The van der Waals surface area contributed by atoms with Crippen LogP contribution in [0.4, 0.5) is 11.5 Å². The predicted octanol–water partition coefficient (Wildman–Crippen LogP) is 3.29. The molecule has 1 saturated carbocycles. The van der Waals surface area contributed by atoms with Crippen molar-refractivity contribution in [2.75, 3.05) is 36.2 Å². The van der Waals surface area contributed by atoms with E-state index >= 15 is 0 Å². The summed E-state index contributed by atoms with van der Waals surface area (Å²) in [4.78, 5) is 97.4. The number of benzene rings is 1. The fourth-order valence-corrected chi connectivity index (χ4v) is 10.6. The lowest BCUT2D eigenvalue weighted by Gasteiger charge is -2.35. The SMILES string of the molecule is C[C@@H]1COCCN1c1cc(C2([S@@](C)(=O)=NC(=O)CCc3cn(CCCCC(=O)Nc4cccc5c4C(=O)N(C4CCC(=O)NC4=O)C5=O)nn3)CC2)nc(-c2ccnc3[nH]ccc23)n1. The number of carbonyl (C=O) groups is 6. The number of ether oxygens (including phenoxy) is 1. The number of aromatic nitrogens is 7. The van der Waals surface area contributed by atoms with E-state index in [0.29, 0.717) is 80.7 Å². The minimum atomic E-state index is -3.11. The van der Waals surface area contributed by atoms with Crippen LogP contribution in [0.5, 0.6) is 0 Å². The van der Waals surface area contributed by atoms with E-state index in [2.05, 4.69) is 47.1 Å². The van der Waals surface area contributed by atoms with Gasteiger partial charge in [-0.25, -0.2) is 19.2 Å². The van der Waals surface area contributed by atoms with Crippen molar-refractivity contribution in [2.45, 2.75) is 88.1 Å². The summed E-state index contributed by atoms with van der Waals surface area (Å²) in [6.07, 6.45) is 9.27. The van der Waals surface area contributed by atoms with Crippen molar-refractivity contribution >= 4 is 67.7 Å². The zero-order valence-corrected chi connectivity index (χ0v) is 36.1. The number of H-pyrrole nitrogens is 1. The van der Waals surface area contributed by atoms with Gasteiger partial charge in [-0.05, 0) is 63.3 Å². The van der Waals surface area contributed by atoms with Crippen molar-refractivity contribution in [3.05, 3.63) is 77.5 Å². The molecule has 6 amide bonds. The number of aromatic amines is 1. The molecule has 3 aliphatic heterocycles. The highest BCUT2D eigenvalue weighted by Crippen LogP contribution is 2.53. The van der Waals surface area contributed by atoms with Crippen LogP contribution in [-0.2, 0) is 51.4 Å². The van der Waals surface area contributed by atoms with Crippen LogP contribution >= 0.6 is 0 Å². The highest BCUT2D eigenvalue weighted by molar-refractivity contribution is 7.94. The van der Waals surface area contributed by atoms with Crippen LogP contribution in [0.1, 0.15) is 90.4 Å². The molecule has 5 aromatic rings. The van der Waals surface area contributed by atoms with E-state index in [9.17, 15) is 33.0 Å². The summed E-state index contributed by atoms with van der Waals surface area (Å²) in [7, 11) is -3.11. The van der Waals surface area contributed by atoms with Gasteiger partial charge >= 0.3 is 0 Å². The minimum absolute atomic E-state index is 0.000150. The first-order chi connectivity index (χ1) is 30.8. The van der Waals surface area contributed by atoms with Gasteiger partial charge in [-0.1, -0.05) is 11.3 Å². The predicted molar refractivity (Wildman–Crippen MR) is 231 cm³/mol. The molecule has 1 aliphatic carbocycles. The molecule has 20 nitrogen and oxygen atoms in total. The van der Waals surface area contributed by atoms with Crippen molar-refractivity contribution in [3.8, 4) is 11.4 Å². The van der Waals surface area contributed by atoms with Crippen LogP contribution in [0.25, 0.3) is 22.4 Å². The second kappa shape index (κ2) is 17.1. The lowest BCUT2D eigenvalue weighted by atomic mass is 10.0. The maximum Gasteiger partial charge on any atom is 0.264 e. The van der Waals surface area contributed by atoms with Crippen molar-refractivity contribution in [2.24, 2.45) is 4.36 Å². The van der Waals surface area contributed by atoms with E-state index in [0.717, 1.165) is 15.8 Å². The van der Waals surface area contributed by atoms with Gasteiger partial charge in [0.1, 0.15) is 17.5 Å². The van der Waals surface area contributed by atoms with Crippen LogP contribution in [0.15, 0.2) is 59.4 Å². The molecule has 0 bridgehead atoms. The lowest BCUT2D eigenvalue weighted by molar-refractivity contribution is -0.136. The minimum Gasteiger partial charge on any atom is -0.377 e. The first-order valence-corrected chi connectivity index (χ1v) is 23.2. The Kier molecular flexibility index (Phi) is 11.4. The number of amides is 6. The molecule has 0 radical (unpaired) electrons. The Labute approximate surface area is 367 Å². The topological polar surface area (TPSA) is 257 Å². The molecule has 64 heavy (non-hydrogen) atoms. The summed E-state index contributed by atoms with van der Waals surface area (Å²) < 4.78 is 25.2. The smallest absolute Gasteiger partial charge is 0.264 e. The zero-order chi connectivity index (χ0) is 44.8. The number of hydrogen-bond acceptors (Lipinski definition) is 14. The maximum absolute atomic E-state index is 14.5. The Morgan fingerprint density at radius 2 is 1.89 bits per heavy atom. The molecule has 9 rings (SSSR count). The molecule has 3 atom stereocenters. The number of unbranched alkanes of at least 4 members (excludes halogenated alkanes) is 1. The zero-order valence-electron chi connectivity index (χ0n) is 35.2. The Bertz CT molecular complexity index is 2860. The number of carbonyl (C=O) groups excluding carboxylic acids is 6. The third-order valence-electron chi connectivity index (χ3n) is 12.2. The van der Waals surface area contributed by atoms with Gasteiger partial charge in [-0.3, -0.25) is 43.7 Å². The molecular formula is C43H46N12O8S. The fraction of sp³-hybridized carbons (Fsp3) is 0.419. The molecule has 4 aliphatic rings. The number of pyridine rings is 1. The molecule has 2 saturated heterocycles. The monoisotopic (exact) mass is 890 g/mol. The van der Waals surface area contributed by atoms with Crippen LogP contribution < -0.4 is 15.5 Å². The van der Waals surface area contributed by atoms with E-state index < -0.39 is 50.1 Å². The van der Waals surface area contributed by atoms with Gasteiger partial charge in [0.15, 0.2) is 5.82 Å². The molecule has 7 heterocycles. The van der Waals surface area contributed by atoms with E-state index in [1.807, 2.05) is 24.4 Å². The second-order valence-electron chi connectivity index (χ2n) is 16.6. The molecule has 1 unspecified atom stereocenters. The summed E-state index contributed by atoms with van der Waals surface area (Å²) in [5.74, 6) is -2.24. The molecular weight excluding hydrogens is 845 g/mol. The fourth-order valence-electron chi connectivity index (χ4n) is 8.62. The summed E-state index contributed by atoms with van der Waals surface area (Å²) in [5, 5.41) is 14.1. The van der Waals surface area contributed by atoms with Gasteiger partial charge in [0.2, 0.25) is 17.7 Å². The first kappa shape index (κ1) is 42.6. The largest absolute Gasteiger partial charge is 0.377 e. The van der Waals surface area contributed by atoms with Crippen LogP contribution in [-0.4, -0.2) is 118 Å². The molecule has 0 spiro atoms. The summed E-state index contributed by atoms with van der Waals surface area (Å²) in [5.41, 5.74) is 2.88. The van der Waals surface area contributed by atoms with Gasteiger partial charge in [0.05, 0.1) is 61.9 Å². The Hall–Kier alpha value is -6.74. The average molecular weight is 891 g/mol. The van der Waals surface area contributed by atoms with Gasteiger partial charge < -0.3 is 19.9 Å². The Morgan fingerprint density at radius 3 is 2.69 bits per heavy atom. The van der Waals surface area contributed by atoms with Crippen LogP contribution in [0, 0.1) is 0 Å². The number of piperidine rings is 1. The number of fused-ring (bicyclic) bond motifs is 2. The first-order valence-electron chi connectivity index (χ1n) is 21.3. The van der Waals surface area contributed by atoms with Crippen LogP contribution in [0.2, 0.25) is 0 Å². The van der Waals surface area contributed by atoms with Gasteiger partial charge in [0, 0.05) is 80.6 Å². The third kappa shape index (κ3) is 8.15. The van der Waals surface area contributed by atoms with Crippen molar-refractivity contribution in [1.29, 1.82) is 0 Å². The second-order valence-corrected chi connectivity index (χ2v) is 19.2. The Morgan fingerprint density at radius 1 is 1.05 bits per heavy atom. The third-order valence-corrected chi connectivity index (χ3v) is 14.8. The molecule has 3 N–H and O–H groups in total. The number of imide groups is 2. The van der Waals surface area contributed by atoms with Crippen LogP contribution in [0.3, 0.4) is 0 Å². The van der Waals surface area contributed by atoms with E-state index in [4.69, 9.17) is 14.7 Å². The van der Waals surface area contributed by atoms with E-state index in [1.54, 1.807) is 23.1 Å². The highest BCUT2D eigenvalue weighted by Gasteiger charge is 2.54. The van der Waals surface area contributed by atoms with Crippen molar-refractivity contribution < 1.29 is 37.7 Å².